The van der Waals surface area contributed by atoms with E-state index in [1.807, 2.05) is 38.3 Å². The molecule has 2 aromatic rings. The molecule has 0 unspecified atom stereocenters. The summed E-state index contributed by atoms with van der Waals surface area (Å²) in [6.45, 7) is 4.49. The summed E-state index contributed by atoms with van der Waals surface area (Å²) in [5, 5.41) is 14.5. The van der Waals surface area contributed by atoms with Crippen LogP contribution in [0.5, 0.6) is 0 Å². The number of hydrogen-bond acceptors (Lipinski definition) is 7. The molecule has 0 saturated heterocycles. The number of carbonyl (C=O) groups excluding carboxylic acids is 1. The van der Waals surface area contributed by atoms with E-state index in [-0.39, 0.29) is 11.8 Å². The maximum atomic E-state index is 13.2. The number of hydrazone groups is 1. The number of nitrogens with one attached hydrogen (secondary N) is 1. The Morgan fingerprint density at radius 2 is 2.20 bits per heavy atom. The average Bonchev–Trinajstić information content (AvgIpc) is 3.29. The van der Waals surface area contributed by atoms with Crippen LogP contribution in [-0.4, -0.2) is 48.7 Å². The maximum absolute atomic E-state index is 13.2. The van der Waals surface area contributed by atoms with Gasteiger partial charge in [0.15, 0.2) is 0 Å². The van der Waals surface area contributed by atoms with Gasteiger partial charge in [-0.05, 0) is 38.3 Å². The Morgan fingerprint density at radius 3 is 3.00 bits per heavy atom. The first kappa shape index (κ1) is 18.5. The largest absolute Gasteiger partial charge is 0.417 e. The molecule has 4 heterocycles. The summed E-state index contributed by atoms with van der Waals surface area (Å²) in [5.74, 6) is 0.590. The standard InChI is InChI=1S/C21H23N7O2/c1-3-15-7-4-13(2)11-28(15)24-10-17-18-16(22-12-23-18)8-9-27(17)21(29)20-26-25-19(30-20)14-5-6-14/h3-4,7,10-12,14,17H,5-6,8-9H2,1-2H3,(H,22,23)/b15-3-,24-10+/t17-/m0/s1. The molecule has 1 amide bonds. The highest BCUT2D eigenvalue weighted by molar-refractivity contribution is 5.92. The summed E-state index contributed by atoms with van der Waals surface area (Å²) in [6.07, 6.45) is 14.1. The summed E-state index contributed by atoms with van der Waals surface area (Å²) in [4.78, 5) is 22.5. The Hall–Kier alpha value is -3.49. The van der Waals surface area contributed by atoms with Gasteiger partial charge < -0.3 is 14.3 Å². The van der Waals surface area contributed by atoms with E-state index >= 15 is 0 Å². The zero-order chi connectivity index (χ0) is 20.7. The number of aromatic amines is 1. The number of H-pyrrole nitrogens is 1. The van der Waals surface area contributed by atoms with E-state index in [1.165, 1.54) is 0 Å². The van der Waals surface area contributed by atoms with Gasteiger partial charge in [0.1, 0.15) is 6.04 Å². The van der Waals surface area contributed by atoms with Gasteiger partial charge in [-0.3, -0.25) is 4.79 Å². The monoisotopic (exact) mass is 405 g/mol. The summed E-state index contributed by atoms with van der Waals surface area (Å²) < 4.78 is 5.66. The van der Waals surface area contributed by atoms with E-state index in [9.17, 15) is 4.79 Å². The number of hydrogen-bond donors (Lipinski definition) is 1. The quantitative estimate of drug-likeness (QED) is 0.784. The molecule has 3 aliphatic rings. The van der Waals surface area contributed by atoms with Crippen molar-refractivity contribution < 1.29 is 9.21 Å². The average molecular weight is 405 g/mol. The van der Waals surface area contributed by atoms with Gasteiger partial charge in [-0.15, -0.1) is 10.2 Å². The molecule has 1 saturated carbocycles. The minimum absolute atomic E-state index is 0.0278. The fourth-order valence-electron chi connectivity index (χ4n) is 3.69. The highest BCUT2D eigenvalue weighted by Crippen LogP contribution is 2.39. The van der Waals surface area contributed by atoms with Gasteiger partial charge in [-0.1, -0.05) is 12.2 Å². The van der Waals surface area contributed by atoms with Gasteiger partial charge >= 0.3 is 11.8 Å². The van der Waals surface area contributed by atoms with Gasteiger partial charge in [-0.2, -0.15) is 5.10 Å². The van der Waals surface area contributed by atoms with Crippen molar-refractivity contribution in [3.63, 3.8) is 0 Å². The zero-order valence-corrected chi connectivity index (χ0v) is 16.9. The smallest absolute Gasteiger partial charge is 0.312 e. The lowest BCUT2D eigenvalue weighted by Gasteiger charge is -2.32. The van der Waals surface area contributed by atoms with Crippen molar-refractivity contribution in [2.24, 2.45) is 5.10 Å². The molecule has 0 spiro atoms. The predicted molar refractivity (Wildman–Crippen MR) is 109 cm³/mol. The molecular formula is C21H23N7O2. The Balaban J connectivity index is 1.44. The third kappa shape index (κ3) is 3.36. The van der Waals surface area contributed by atoms with Crippen LogP contribution < -0.4 is 0 Å². The molecule has 5 rings (SSSR count). The van der Waals surface area contributed by atoms with Crippen molar-refractivity contribution in [2.45, 2.75) is 45.1 Å². The Labute approximate surface area is 173 Å². The van der Waals surface area contributed by atoms with Crippen LogP contribution in [0.2, 0.25) is 0 Å². The van der Waals surface area contributed by atoms with Gasteiger partial charge in [-0.25, -0.2) is 9.99 Å². The van der Waals surface area contributed by atoms with Crippen LogP contribution in [0.15, 0.2) is 51.5 Å². The predicted octanol–water partition coefficient (Wildman–Crippen LogP) is 3.07. The first-order valence-corrected chi connectivity index (χ1v) is 10.2. The molecule has 1 N–H and O–H groups in total. The van der Waals surface area contributed by atoms with Crippen LogP contribution in [-0.2, 0) is 6.42 Å². The lowest BCUT2D eigenvalue weighted by Crippen LogP contribution is -2.41. The van der Waals surface area contributed by atoms with Crippen molar-refractivity contribution in [3.8, 4) is 0 Å². The number of carbonyl (C=O) groups is 1. The second kappa shape index (κ2) is 7.40. The number of nitrogens with zero attached hydrogens (tertiary/aromatic N) is 6. The molecule has 1 atom stereocenters. The molecular weight excluding hydrogens is 382 g/mol. The van der Waals surface area contributed by atoms with E-state index in [2.05, 4.69) is 25.3 Å². The number of imidazole rings is 1. The minimum atomic E-state index is -0.429. The highest BCUT2D eigenvalue weighted by Gasteiger charge is 2.36. The van der Waals surface area contributed by atoms with Crippen molar-refractivity contribution in [2.75, 3.05) is 6.54 Å². The summed E-state index contributed by atoms with van der Waals surface area (Å²) in [5.41, 5.74) is 3.85. The normalized spacial score (nSPS) is 22.7. The molecule has 1 fully saturated rings. The van der Waals surface area contributed by atoms with Crippen molar-refractivity contribution in [1.29, 1.82) is 0 Å². The van der Waals surface area contributed by atoms with E-state index in [0.29, 0.717) is 24.8 Å². The Bertz CT molecular complexity index is 1090. The summed E-state index contributed by atoms with van der Waals surface area (Å²) in [6, 6.07) is -0.429. The van der Waals surface area contributed by atoms with E-state index < -0.39 is 6.04 Å². The van der Waals surface area contributed by atoms with Gasteiger partial charge in [0.2, 0.25) is 5.89 Å². The van der Waals surface area contributed by atoms with E-state index in [4.69, 9.17) is 4.42 Å². The van der Waals surface area contributed by atoms with E-state index in [0.717, 1.165) is 35.5 Å². The molecule has 9 nitrogen and oxygen atoms in total. The van der Waals surface area contributed by atoms with Gasteiger partial charge in [0.25, 0.3) is 0 Å². The van der Waals surface area contributed by atoms with Crippen molar-refractivity contribution in [1.82, 2.24) is 30.1 Å². The first-order chi connectivity index (χ1) is 14.6. The van der Waals surface area contributed by atoms with E-state index in [1.54, 1.807) is 22.5 Å². The lowest BCUT2D eigenvalue weighted by atomic mass is 10.0. The molecule has 9 heteroatoms. The van der Waals surface area contributed by atoms with Gasteiger partial charge in [0.05, 0.1) is 23.9 Å². The molecule has 1 aliphatic carbocycles. The lowest BCUT2D eigenvalue weighted by molar-refractivity contribution is 0.0670. The zero-order valence-electron chi connectivity index (χ0n) is 16.9. The number of fused-ring (bicyclic) bond motifs is 1. The molecule has 0 bridgehead atoms. The second-order valence-electron chi connectivity index (χ2n) is 7.71. The van der Waals surface area contributed by atoms with Crippen molar-refractivity contribution in [3.05, 3.63) is 65.2 Å². The third-order valence-electron chi connectivity index (χ3n) is 5.52. The molecule has 2 aliphatic heterocycles. The third-order valence-corrected chi connectivity index (χ3v) is 5.52. The van der Waals surface area contributed by atoms with Crippen molar-refractivity contribution >= 4 is 12.1 Å². The number of allylic oxidation sites excluding steroid dienone is 4. The fourth-order valence-corrected chi connectivity index (χ4v) is 3.69. The van der Waals surface area contributed by atoms with Crippen LogP contribution >= 0.6 is 0 Å². The molecule has 0 aromatic carbocycles. The van der Waals surface area contributed by atoms with Crippen LogP contribution in [0.1, 0.15) is 66.6 Å². The van der Waals surface area contributed by atoms with Crippen LogP contribution in [0.25, 0.3) is 0 Å². The summed E-state index contributed by atoms with van der Waals surface area (Å²) >= 11 is 0. The topological polar surface area (TPSA) is 104 Å². The number of rotatable bonds is 4. The summed E-state index contributed by atoms with van der Waals surface area (Å²) in [7, 11) is 0. The highest BCUT2D eigenvalue weighted by atomic mass is 16.4. The van der Waals surface area contributed by atoms with Crippen LogP contribution in [0, 0.1) is 0 Å². The fraction of sp³-hybridized carbons (Fsp3) is 0.381. The van der Waals surface area contributed by atoms with Crippen LogP contribution in [0.4, 0.5) is 0 Å². The first-order valence-electron chi connectivity index (χ1n) is 10.2. The van der Waals surface area contributed by atoms with Crippen LogP contribution in [0.3, 0.4) is 0 Å². The SMILES string of the molecule is C/C=C1/C=CC(C)=CN1/N=C/[C@H]1c2nc[nH]c2CCN1C(=O)c1nnc(C2CC2)o1. The Morgan fingerprint density at radius 1 is 1.33 bits per heavy atom. The molecule has 154 valence electrons. The number of aromatic nitrogens is 4. The molecule has 0 radical (unpaired) electrons. The minimum Gasteiger partial charge on any atom is -0.417 e. The van der Waals surface area contributed by atoms with Gasteiger partial charge in [0, 0.05) is 30.8 Å². The Kier molecular flexibility index (Phi) is 4.57. The molecule has 2 aromatic heterocycles. The maximum Gasteiger partial charge on any atom is 0.312 e. The molecule has 30 heavy (non-hydrogen) atoms. The number of amides is 1. The second-order valence-corrected chi connectivity index (χ2v) is 7.71.